The van der Waals surface area contributed by atoms with Crippen LogP contribution in [0, 0.1) is 0 Å². The average molecular weight is 262 g/mol. The first-order valence-electron chi connectivity index (χ1n) is 7.56. The fourth-order valence-electron chi connectivity index (χ4n) is 2.91. The lowest BCUT2D eigenvalue weighted by atomic mass is 9.85. The molecule has 0 amide bonds. The van der Waals surface area contributed by atoms with Gasteiger partial charge in [0, 0.05) is 18.1 Å². The van der Waals surface area contributed by atoms with Gasteiger partial charge >= 0.3 is 0 Å². The minimum atomic E-state index is 0.0793. The second kappa shape index (κ2) is 7.66. The fraction of sp³-hybridized carbons (Fsp3) is 0.647. The molecule has 0 bridgehead atoms. The Balaban J connectivity index is 2.89. The molecule has 0 radical (unpaired) electrons. The van der Waals surface area contributed by atoms with E-state index in [0.29, 0.717) is 12.6 Å². The summed E-state index contributed by atoms with van der Waals surface area (Å²) in [5.41, 5.74) is 7.62. The quantitative estimate of drug-likeness (QED) is 0.777. The van der Waals surface area contributed by atoms with E-state index in [0.717, 1.165) is 12.8 Å². The standard InChI is InChI=1S/C17H30N2/c1-5-10-15(3)19(4)17(6-2,14-18)13-16-11-8-7-9-12-16/h7-9,11-12,15H,5-6,10,13-14,18H2,1-4H3. The van der Waals surface area contributed by atoms with Crippen molar-refractivity contribution in [3.05, 3.63) is 35.9 Å². The van der Waals surface area contributed by atoms with E-state index >= 15 is 0 Å². The molecule has 2 atom stereocenters. The van der Waals surface area contributed by atoms with Crippen molar-refractivity contribution in [2.45, 2.75) is 58.0 Å². The van der Waals surface area contributed by atoms with Gasteiger partial charge in [0.1, 0.15) is 0 Å². The molecule has 0 aliphatic rings. The normalized spacial score (nSPS) is 16.3. The molecule has 0 aromatic heterocycles. The maximum absolute atomic E-state index is 6.16. The van der Waals surface area contributed by atoms with Crippen molar-refractivity contribution in [3.63, 3.8) is 0 Å². The van der Waals surface area contributed by atoms with Gasteiger partial charge in [-0.15, -0.1) is 0 Å². The molecule has 0 aliphatic heterocycles. The molecule has 2 nitrogen and oxygen atoms in total. The predicted octanol–water partition coefficient (Wildman–Crippen LogP) is 3.46. The minimum Gasteiger partial charge on any atom is -0.329 e. The lowest BCUT2D eigenvalue weighted by Crippen LogP contribution is -2.56. The van der Waals surface area contributed by atoms with Crippen molar-refractivity contribution >= 4 is 0 Å². The van der Waals surface area contributed by atoms with Crippen molar-refractivity contribution in [2.75, 3.05) is 13.6 Å². The van der Waals surface area contributed by atoms with Crippen LogP contribution in [0.1, 0.15) is 45.6 Å². The van der Waals surface area contributed by atoms with E-state index in [1.54, 1.807) is 0 Å². The van der Waals surface area contributed by atoms with E-state index in [1.807, 2.05) is 0 Å². The van der Waals surface area contributed by atoms with Crippen LogP contribution in [-0.2, 0) is 6.42 Å². The van der Waals surface area contributed by atoms with Crippen LogP contribution in [0.5, 0.6) is 0 Å². The Bertz CT molecular complexity index is 344. The lowest BCUT2D eigenvalue weighted by molar-refractivity contribution is 0.0755. The van der Waals surface area contributed by atoms with Crippen LogP contribution in [0.4, 0.5) is 0 Å². The van der Waals surface area contributed by atoms with Gasteiger partial charge in [0.25, 0.3) is 0 Å². The summed E-state index contributed by atoms with van der Waals surface area (Å²) in [5, 5.41) is 0. The molecule has 2 heteroatoms. The van der Waals surface area contributed by atoms with Crippen molar-refractivity contribution in [2.24, 2.45) is 5.73 Å². The summed E-state index contributed by atoms with van der Waals surface area (Å²) in [6.45, 7) is 7.53. The Labute approximate surface area is 119 Å². The van der Waals surface area contributed by atoms with Crippen LogP contribution >= 0.6 is 0 Å². The zero-order valence-corrected chi connectivity index (χ0v) is 13.0. The molecular formula is C17H30N2. The molecule has 1 rings (SSSR count). The van der Waals surface area contributed by atoms with E-state index in [9.17, 15) is 0 Å². The topological polar surface area (TPSA) is 29.3 Å². The predicted molar refractivity (Wildman–Crippen MR) is 84.4 cm³/mol. The van der Waals surface area contributed by atoms with Gasteiger partial charge in [-0.3, -0.25) is 4.90 Å². The zero-order chi connectivity index (χ0) is 14.3. The summed E-state index contributed by atoms with van der Waals surface area (Å²) in [5.74, 6) is 0. The molecule has 0 aliphatic carbocycles. The maximum Gasteiger partial charge on any atom is 0.0369 e. The van der Waals surface area contributed by atoms with Gasteiger partial charge in [-0.05, 0) is 38.8 Å². The van der Waals surface area contributed by atoms with Gasteiger partial charge in [-0.25, -0.2) is 0 Å². The largest absolute Gasteiger partial charge is 0.329 e. The summed E-state index contributed by atoms with van der Waals surface area (Å²) in [6, 6.07) is 11.3. The summed E-state index contributed by atoms with van der Waals surface area (Å²) >= 11 is 0. The smallest absolute Gasteiger partial charge is 0.0369 e. The molecule has 108 valence electrons. The highest BCUT2D eigenvalue weighted by Crippen LogP contribution is 2.26. The Hall–Kier alpha value is -0.860. The summed E-state index contributed by atoms with van der Waals surface area (Å²) in [7, 11) is 2.24. The van der Waals surface area contributed by atoms with Crippen molar-refractivity contribution in [1.82, 2.24) is 4.90 Å². The SMILES string of the molecule is CCCC(C)N(C)C(CC)(CN)Cc1ccccc1. The Morgan fingerprint density at radius 1 is 1.21 bits per heavy atom. The van der Waals surface area contributed by atoms with Crippen LogP contribution in [0.15, 0.2) is 30.3 Å². The number of hydrogen-bond acceptors (Lipinski definition) is 2. The van der Waals surface area contributed by atoms with Gasteiger partial charge in [0.05, 0.1) is 0 Å². The van der Waals surface area contributed by atoms with Crippen LogP contribution in [0.2, 0.25) is 0 Å². The average Bonchev–Trinajstić information content (AvgIpc) is 2.45. The number of hydrogen-bond donors (Lipinski definition) is 1. The minimum absolute atomic E-state index is 0.0793. The monoisotopic (exact) mass is 262 g/mol. The number of nitrogens with two attached hydrogens (primary N) is 1. The molecule has 0 heterocycles. The second-order valence-electron chi connectivity index (χ2n) is 5.69. The Morgan fingerprint density at radius 2 is 1.84 bits per heavy atom. The van der Waals surface area contributed by atoms with Crippen LogP contribution < -0.4 is 5.73 Å². The lowest BCUT2D eigenvalue weighted by Gasteiger charge is -2.44. The van der Waals surface area contributed by atoms with Gasteiger partial charge in [0.15, 0.2) is 0 Å². The highest BCUT2D eigenvalue weighted by atomic mass is 15.2. The molecule has 0 fully saturated rings. The number of benzene rings is 1. The molecule has 2 N–H and O–H groups in total. The maximum atomic E-state index is 6.16. The highest BCUT2D eigenvalue weighted by Gasteiger charge is 2.33. The van der Waals surface area contributed by atoms with E-state index in [4.69, 9.17) is 5.73 Å². The second-order valence-corrected chi connectivity index (χ2v) is 5.69. The molecule has 0 saturated carbocycles. The molecule has 0 saturated heterocycles. The third kappa shape index (κ3) is 4.05. The molecule has 19 heavy (non-hydrogen) atoms. The third-order valence-corrected chi connectivity index (χ3v) is 4.53. The summed E-state index contributed by atoms with van der Waals surface area (Å²) < 4.78 is 0. The summed E-state index contributed by atoms with van der Waals surface area (Å²) in [4.78, 5) is 2.50. The summed E-state index contributed by atoms with van der Waals surface area (Å²) in [6.07, 6.45) is 4.57. The first-order valence-corrected chi connectivity index (χ1v) is 7.56. The van der Waals surface area contributed by atoms with Gasteiger partial charge in [-0.2, -0.15) is 0 Å². The van der Waals surface area contributed by atoms with Crippen LogP contribution in [0.25, 0.3) is 0 Å². The first-order chi connectivity index (χ1) is 9.09. The third-order valence-electron chi connectivity index (χ3n) is 4.53. The van der Waals surface area contributed by atoms with Gasteiger partial charge in [-0.1, -0.05) is 50.6 Å². The van der Waals surface area contributed by atoms with Crippen molar-refractivity contribution in [1.29, 1.82) is 0 Å². The zero-order valence-electron chi connectivity index (χ0n) is 13.0. The molecule has 0 spiro atoms. The van der Waals surface area contributed by atoms with Gasteiger partial charge < -0.3 is 5.73 Å². The number of likely N-dealkylation sites (N-methyl/N-ethyl adjacent to an activating group) is 1. The highest BCUT2D eigenvalue weighted by molar-refractivity contribution is 5.18. The van der Waals surface area contributed by atoms with E-state index in [2.05, 4.69) is 63.1 Å². The van der Waals surface area contributed by atoms with Gasteiger partial charge in [0.2, 0.25) is 0 Å². The molecule has 2 unspecified atom stereocenters. The Kier molecular flexibility index (Phi) is 6.53. The van der Waals surface area contributed by atoms with E-state index < -0.39 is 0 Å². The van der Waals surface area contributed by atoms with Crippen molar-refractivity contribution < 1.29 is 0 Å². The fourth-order valence-corrected chi connectivity index (χ4v) is 2.91. The number of nitrogens with zero attached hydrogens (tertiary/aromatic N) is 1. The molecular weight excluding hydrogens is 232 g/mol. The first kappa shape index (κ1) is 16.2. The molecule has 1 aromatic carbocycles. The van der Waals surface area contributed by atoms with Crippen LogP contribution in [0.3, 0.4) is 0 Å². The van der Waals surface area contributed by atoms with E-state index in [-0.39, 0.29) is 5.54 Å². The van der Waals surface area contributed by atoms with Crippen molar-refractivity contribution in [3.8, 4) is 0 Å². The Morgan fingerprint density at radius 3 is 2.32 bits per heavy atom. The van der Waals surface area contributed by atoms with E-state index in [1.165, 1.54) is 18.4 Å². The van der Waals surface area contributed by atoms with Crippen LogP contribution in [-0.4, -0.2) is 30.1 Å². The molecule has 1 aromatic rings. The number of rotatable bonds is 8.